The van der Waals surface area contributed by atoms with E-state index in [0.29, 0.717) is 35.4 Å². The van der Waals surface area contributed by atoms with Gasteiger partial charge in [0.25, 0.3) is 0 Å². The van der Waals surface area contributed by atoms with Crippen LogP contribution >= 0.6 is 34.8 Å². The summed E-state index contributed by atoms with van der Waals surface area (Å²) in [4.78, 5) is 18.1. The number of carbonyl (C=O) groups is 1. The van der Waals surface area contributed by atoms with E-state index in [1.165, 1.54) is 12.3 Å². The molecule has 2 aliphatic rings. The van der Waals surface area contributed by atoms with Crippen molar-refractivity contribution in [3.8, 4) is 0 Å². The van der Waals surface area contributed by atoms with Crippen molar-refractivity contribution in [2.45, 2.75) is 31.3 Å². The minimum atomic E-state index is -0.689. The van der Waals surface area contributed by atoms with E-state index in [4.69, 9.17) is 34.8 Å². The number of rotatable bonds is 1. The first-order valence-electron chi connectivity index (χ1n) is 7.93. The lowest BCUT2D eigenvalue weighted by atomic mass is 9.95. The first-order chi connectivity index (χ1) is 12.4. The highest BCUT2D eigenvalue weighted by Crippen LogP contribution is 2.47. The number of aromatic nitrogens is 1. The summed E-state index contributed by atoms with van der Waals surface area (Å²) in [7, 11) is 0. The van der Waals surface area contributed by atoms with Crippen LogP contribution in [0.1, 0.15) is 30.0 Å². The van der Waals surface area contributed by atoms with E-state index in [-0.39, 0.29) is 27.8 Å². The molecule has 0 unspecified atom stereocenters. The Hall–Kier alpha value is -1.63. The summed E-state index contributed by atoms with van der Waals surface area (Å²) in [5.41, 5.74) is 0.967. The lowest BCUT2D eigenvalue weighted by Crippen LogP contribution is -2.44. The molecule has 2 amide bonds. The van der Waals surface area contributed by atoms with E-state index >= 15 is 0 Å². The lowest BCUT2D eigenvalue weighted by molar-refractivity contribution is 0.178. The molecule has 1 N–H and O–H groups in total. The first-order valence-corrected chi connectivity index (χ1v) is 9.07. The van der Waals surface area contributed by atoms with Gasteiger partial charge in [0.15, 0.2) is 0 Å². The van der Waals surface area contributed by atoms with E-state index < -0.39 is 17.8 Å². The molecule has 1 aromatic carbocycles. The van der Waals surface area contributed by atoms with E-state index in [2.05, 4.69) is 10.3 Å². The van der Waals surface area contributed by atoms with E-state index in [9.17, 15) is 13.6 Å². The molecule has 3 heterocycles. The third kappa shape index (κ3) is 2.80. The molecule has 4 nitrogen and oxygen atoms in total. The number of carbonyl (C=O) groups excluding carboxylic acids is 1. The van der Waals surface area contributed by atoms with Crippen molar-refractivity contribution in [1.29, 1.82) is 0 Å². The summed E-state index contributed by atoms with van der Waals surface area (Å²) in [6.45, 7) is 0. The zero-order valence-electron chi connectivity index (χ0n) is 13.2. The maximum atomic E-state index is 14.1. The zero-order chi connectivity index (χ0) is 18.6. The smallest absolute Gasteiger partial charge is 0.314 e. The fourth-order valence-corrected chi connectivity index (χ4v) is 4.38. The number of fused-ring (bicyclic) bond motifs is 4. The maximum Gasteiger partial charge on any atom is 0.322 e. The average molecular weight is 419 g/mol. The Labute approximate surface area is 163 Å². The molecule has 26 heavy (non-hydrogen) atoms. The van der Waals surface area contributed by atoms with Gasteiger partial charge in [0.05, 0.1) is 26.8 Å². The molecule has 2 aliphatic heterocycles. The van der Waals surface area contributed by atoms with Gasteiger partial charge < -0.3 is 10.2 Å². The van der Waals surface area contributed by atoms with Crippen molar-refractivity contribution < 1.29 is 13.6 Å². The Morgan fingerprint density at radius 2 is 1.88 bits per heavy atom. The van der Waals surface area contributed by atoms with E-state index in [0.717, 1.165) is 6.07 Å². The molecule has 2 aromatic rings. The lowest BCUT2D eigenvalue weighted by Gasteiger charge is -2.36. The number of amides is 2. The second-order valence-corrected chi connectivity index (χ2v) is 7.55. The minimum Gasteiger partial charge on any atom is -0.314 e. The molecule has 136 valence electrons. The Kier molecular flexibility index (Phi) is 4.45. The SMILES string of the molecule is O=C(Nc1cc(Cl)c(Cl)cc1F)N1[C@H]2CC[C@@H]1c1c(Cl)cnc(F)c1C2. The van der Waals surface area contributed by atoms with Crippen LogP contribution in [0.3, 0.4) is 0 Å². The summed E-state index contributed by atoms with van der Waals surface area (Å²) in [6, 6.07) is 1.23. The van der Waals surface area contributed by atoms with Crippen molar-refractivity contribution in [1.82, 2.24) is 9.88 Å². The van der Waals surface area contributed by atoms with Crippen molar-refractivity contribution in [2.24, 2.45) is 0 Å². The van der Waals surface area contributed by atoms with Crippen LogP contribution in [-0.2, 0) is 6.42 Å². The van der Waals surface area contributed by atoms with Crippen LogP contribution in [0.2, 0.25) is 15.1 Å². The molecule has 1 aromatic heterocycles. The third-order valence-electron chi connectivity index (χ3n) is 4.88. The molecule has 1 saturated heterocycles. The molecule has 0 saturated carbocycles. The summed E-state index contributed by atoms with van der Waals surface area (Å²) < 4.78 is 28.1. The fourth-order valence-electron chi connectivity index (χ4n) is 3.78. The van der Waals surface area contributed by atoms with Gasteiger partial charge in [-0.15, -0.1) is 0 Å². The van der Waals surface area contributed by atoms with Crippen molar-refractivity contribution in [3.63, 3.8) is 0 Å². The summed E-state index contributed by atoms with van der Waals surface area (Å²) in [5, 5.41) is 3.04. The van der Waals surface area contributed by atoms with Crippen LogP contribution in [0.25, 0.3) is 0 Å². The van der Waals surface area contributed by atoms with Crippen molar-refractivity contribution >= 4 is 46.5 Å². The van der Waals surface area contributed by atoms with Gasteiger partial charge >= 0.3 is 6.03 Å². The largest absolute Gasteiger partial charge is 0.322 e. The van der Waals surface area contributed by atoms with Crippen molar-refractivity contribution in [3.05, 3.63) is 56.3 Å². The highest BCUT2D eigenvalue weighted by Gasteiger charge is 2.45. The van der Waals surface area contributed by atoms with Crippen LogP contribution in [0.5, 0.6) is 0 Å². The molecule has 2 bridgehead atoms. The highest BCUT2D eigenvalue weighted by atomic mass is 35.5. The van der Waals surface area contributed by atoms with Crippen LogP contribution < -0.4 is 5.32 Å². The number of halogens is 5. The van der Waals surface area contributed by atoms with Gasteiger partial charge in [-0.05, 0) is 31.4 Å². The van der Waals surface area contributed by atoms with Crippen LogP contribution in [-0.4, -0.2) is 22.0 Å². The Balaban J connectivity index is 1.66. The number of hydrogen-bond donors (Lipinski definition) is 1. The van der Waals surface area contributed by atoms with Gasteiger partial charge in [-0.2, -0.15) is 4.39 Å². The molecule has 0 spiro atoms. The van der Waals surface area contributed by atoms with Gasteiger partial charge in [-0.1, -0.05) is 34.8 Å². The summed E-state index contributed by atoms with van der Waals surface area (Å²) >= 11 is 17.9. The second kappa shape index (κ2) is 6.51. The highest BCUT2D eigenvalue weighted by molar-refractivity contribution is 6.42. The number of anilines is 1. The van der Waals surface area contributed by atoms with Gasteiger partial charge in [-0.25, -0.2) is 14.2 Å². The molecular weight excluding hydrogens is 407 g/mol. The number of benzene rings is 1. The van der Waals surface area contributed by atoms with Crippen LogP contribution in [0.4, 0.5) is 19.3 Å². The number of hydrogen-bond acceptors (Lipinski definition) is 2. The molecule has 2 atom stereocenters. The molecule has 9 heteroatoms. The summed E-state index contributed by atoms with van der Waals surface area (Å²) in [6.07, 6.45) is 2.93. The van der Waals surface area contributed by atoms with Gasteiger partial charge in [0.2, 0.25) is 5.95 Å². The minimum absolute atomic E-state index is 0.0592. The quantitative estimate of drug-likeness (QED) is 0.483. The van der Waals surface area contributed by atoms with Crippen molar-refractivity contribution in [2.75, 3.05) is 5.32 Å². The van der Waals surface area contributed by atoms with Gasteiger partial charge in [-0.3, -0.25) is 0 Å². The number of pyridine rings is 1. The predicted octanol–water partition coefficient (Wildman–Crippen LogP) is 5.61. The predicted molar refractivity (Wildman–Crippen MR) is 95.9 cm³/mol. The van der Waals surface area contributed by atoms with E-state index in [1.54, 1.807) is 4.90 Å². The summed E-state index contributed by atoms with van der Waals surface area (Å²) in [5.74, 6) is -1.25. The normalized spacial score (nSPS) is 20.9. The maximum absolute atomic E-state index is 14.1. The Morgan fingerprint density at radius 1 is 1.15 bits per heavy atom. The van der Waals surface area contributed by atoms with E-state index in [1.807, 2.05) is 0 Å². The number of nitrogens with zero attached hydrogens (tertiary/aromatic N) is 2. The van der Waals surface area contributed by atoms with Gasteiger partial charge in [0.1, 0.15) is 5.82 Å². The fraction of sp³-hybridized carbons (Fsp3) is 0.294. The van der Waals surface area contributed by atoms with Crippen LogP contribution in [0, 0.1) is 11.8 Å². The zero-order valence-corrected chi connectivity index (χ0v) is 15.5. The standard InChI is InChI=1S/C17H12Cl3F2N3O/c18-9-4-12(21)13(5-10(9)19)24-17(26)25-7-1-2-14(25)15-8(3-7)16(22)23-6-11(15)20/h4-7,14H,1-3H2,(H,24,26)/t7-,14+/m0/s1. The Morgan fingerprint density at radius 3 is 2.65 bits per heavy atom. The third-order valence-corrected chi connectivity index (χ3v) is 5.91. The molecular formula is C17H12Cl3F2N3O. The number of urea groups is 1. The molecule has 4 rings (SSSR count). The Bertz CT molecular complexity index is 925. The average Bonchev–Trinajstić information content (AvgIpc) is 2.89. The first kappa shape index (κ1) is 17.8. The number of nitrogens with one attached hydrogen (secondary N) is 1. The molecule has 0 radical (unpaired) electrons. The monoisotopic (exact) mass is 417 g/mol. The molecule has 0 aliphatic carbocycles. The van der Waals surface area contributed by atoms with Gasteiger partial charge in [0, 0.05) is 23.4 Å². The molecule has 1 fully saturated rings. The second-order valence-electron chi connectivity index (χ2n) is 6.32. The van der Waals surface area contributed by atoms with Crippen LogP contribution in [0.15, 0.2) is 18.3 Å². The topological polar surface area (TPSA) is 45.2 Å².